The third-order valence-electron chi connectivity index (χ3n) is 4.19. The molecule has 0 spiro atoms. The molecule has 0 radical (unpaired) electrons. The molecule has 1 aliphatic carbocycles. The average molecular weight is 291 g/mol. The zero-order valence-corrected chi connectivity index (χ0v) is 12.0. The van der Waals surface area contributed by atoms with Gasteiger partial charge in [-0.1, -0.05) is 6.08 Å². The van der Waals surface area contributed by atoms with Crippen LogP contribution in [0.2, 0.25) is 0 Å². The number of nitrogens with zero attached hydrogens (tertiary/aromatic N) is 2. The number of fused-ring (bicyclic) bond motifs is 1. The van der Waals surface area contributed by atoms with E-state index in [-0.39, 0.29) is 18.8 Å². The minimum absolute atomic E-state index is 0.0160. The van der Waals surface area contributed by atoms with E-state index in [1.165, 1.54) is 0 Å². The van der Waals surface area contributed by atoms with Crippen LogP contribution in [0.1, 0.15) is 31.4 Å². The normalized spacial score (nSPS) is 19.6. The van der Waals surface area contributed by atoms with E-state index in [1.807, 2.05) is 42.1 Å². The molecule has 2 N–H and O–H groups in total. The van der Waals surface area contributed by atoms with E-state index in [9.17, 15) is 8.78 Å². The summed E-state index contributed by atoms with van der Waals surface area (Å²) < 4.78 is 28.1. The number of allylic oxidation sites excluding steroid dienone is 1. The zero-order chi connectivity index (χ0) is 15.0. The van der Waals surface area contributed by atoms with Crippen LogP contribution in [0.15, 0.2) is 24.3 Å². The van der Waals surface area contributed by atoms with Gasteiger partial charge in [0.15, 0.2) is 0 Å². The van der Waals surface area contributed by atoms with Crippen LogP contribution in [0.4, 0.5) is 14.5 Å². The number of nitrogens with two attached hydrogens (primary N) is 1. The summed E-state index contributed by atoms with van der Waals surface area (Å²) in [6.45, 7) is 0. The summed E-state index contributed by atoms with van der Waals surface area (Å²) in [4.78, 5) is 0. The molecule has 1 aromatic carbocycles. The van der Waals surface area contributed by atoms with Crippen molar-refractivity contribution in [1.82, 2.24) is 9.78 Å². The first-order chi connectivity index (χ1) is 9.94. The predicted octanol–water partition coefficient (Wildman–Crippen LogP) is 3.99. The van der Waals surface area contributed by atoms with Crippen molar-refractivity contribution in [2.24, 2.45) is 13.0 Å². The molecule has 3 nitrogen and oxygen atoms in total. The molecule has 0 amide bonds. The van der Waals surface area contributed by atoms with Crippen LogP contribution >= 0.6 is 0 Å². The fourth-order valence-corrected chi connectivity index (χ4v) is 2.92. The van der Waals surface area contributed by atoms with Crippen molar-refractivity contribution in [2.45, 2.75) is 31.6 Å². The molecule has 112 valence electrons. The van der Waals surface area contributed by atoms with Crippen LogP contribution in [0.25, 0.3) is 17.0 Å². The summed E-state index contributed by atoms with van der Waals surface area (Å²) in [6, 6.07) is 5.69. The number of aromatic nitrogens is 2. The third kappa shape index (κ3) is 2.91. The maximum absolute atomic E-state index is 13.1. The summed E-state index contributed by atoms with van der Waals surface area (Å²) in [5.74, 6) is -2.26. The highest BCUT2D eigenvalue weighted by Gasteiger charge is 2.33. The molecule has 21 heavy (non-hydrogen) atoms. The number of aryl methyl sites for hydroxylation is 1. The molecule has 1 aromatic heterocycles. The first kappa shape index (κ1) is 14.0. The molecule has 0 unspecified atom stereocenters. The Labute approximate surface area is 122 Å². The van der Waals surface area contributed by atoms with Crippen LogP contribution in [0, 0.1) is 5.92 Å². The Morgan fingerprint density at radius 2 is 2.05 bits per heavy atom. The van der Waals surface area contributed by atoms with Crippen LogP contribution in [-0.4, -0.2) is 15.7 Å². The van der Waals surface area contributed by atoms with Gasteiger partial charge < -0.3 is 5.73 Å². The molecular formula is C16H19F2N3. The van der Waals surface area contributed by atoms with Gasteiger partial charge >= 0.3 is 0 Å². The van der Waals surface area contributed by atoms with E-state index in [1.54, 1.807) is 0 Å². The van der Waals surface area contributed by atoms with Crippen LogP contribution in [0.5, 0.6) is 0 Å². The molecule has 3 rings (SSSR count). The second-order valence-corrected chi connectivity index (χ2v) is 5.84. The molecule has 0 bridgehead atoms. The Kier molecular flexibility index (Phi) is 3.43. The Bertz CT molecular complexity index is 678. The highest BCUT2D eigenvalue weighted by Crippen LogP contribution is 2.37. The second kappa shape index (κ2) is 5.13. The van der Waals surface area contributed by atoms with Crippen molar-refractivity contribution in [3.63, 3.8) is 0 Å². The van der Waals surface area contributed by atoms with Gasteiger partial charge in [-0.3, -0.25) is 4.68 Å². The number of halogens is 2. The summed E-state index contributed by atoms with van der Waals surface area (Å²) >= 11 is 0. The number of rotatable bonds is 2. The number of nitrogen functional groups attached to an aromatic ring is 1. The lowest BCUT2D eigenvalue weighted by Gasteiger charge is -2.26. The predicted molar refractivity (Wildman–Crippen MR) is 81.1 cm³/mol. The third-order valence-corrected chi connectivity index (χ3v) is 4.19. The molecule has 5 heteroatoms. The van der Waals surface area contributed by atoms with Crippen molar-refractivity contribution in [1.29, 1.82) is 0 Å². The van der Waals surface area contributed by atoms with Crippen LogP contribution < -0.4 is 5.73 Å². The van der Waals surface area contributed by atoms with Gasteiger partial charge in [-0.2, -0.15) is 5.10 Å². The van der Waals surface area contributed by atoms with Gasteiger partial charge in [-0.15, -0.1) is 0 Å². The summed E-state index contributed by atoms with van der Waals surface area (Å²) in [5.41, 5.74) is 8.38. The monoisotopic (exact) mass is 291 g/mol. The number of benzene rings is 1. The number of hydrogen-bond donors (Lipinski definition) is 1. The van der Waals surface area contributed by atoms with E-state index >= 15 is 0 Å². The molecule has 0 aliphatic heterocycles. The quantitative estimate of drug-likeness (QED) is 0.850. The lowest BCUT2D eigenvalue weighted by atomic mass is 9.86. The Morgan fingerprint density at radius 3 is 2.76 bits per heavy atom. The number of hydrogen-bond acceptors (Lipinski definition) is 2. The van der Waals surface area contributed by atoms with Gasteiger partial charge in [-0.25, -0.2) is 8.78 Å². The standard InChI is InChI=1S/C16H19F2N3/c1-21-15-5-3-12(19)10-13(15)14(20-21)4-2-11-6-8-16(17,18)9-7-11/h2-5,10-11H,6-9,19H2,1H3. The van der Waals surface area contributed by atoms with Crippen molar-refractivity contribution in [2.75, 3.05) is 5.73 Å². The lowest BCUT2D eigenvalue weighted by Crippen LogP contribution is -2.23. The van der Waals surface area contributed by atoms with E-state index in [0.717, 1.165) is 16.6 Å². The topological polar surface area (TPSA) is 43.8 Å². The Morgan fingerprint density at radius 1 is 1.33 bits per heavy atom. The smallest absolute Gasteiger partial charge is 0.248 e. The molecule has 1 fully saturated rings. The van der Waals surface area contributed by atoms with Crippen molar-refractivity contribution >= 4 is 22.7 Å². The van der Waals surface area contributed by atoms with Gasteiger partial charge in [0.2, 0.25) is 5.92 Å². The minimum Gasteiger partial charge on any atom is -0.399 e. The highest BCUT2D eigenvalue weighted by atomic mass is 19.3. The molecule has 0 saturated heterocycles. The van der Waals surface area contributed by atoms with Crippen LogP contribution in [0.3, 0.4) is 0 Å². The molecule has 2 aromatic rings. The summed E-state index contributed by atoms with van der Waals surface area (Å²) in [6.07, 6.45) is 5.00. The Hall–Kier alpha value is -1.91. The van der Waals surface area contributed by atoms with E-state index in [4.69, 9.17) is 5.73 Å². The SMILES string of the molecule is Cn1nc(C=CC2CCC(F)(F)CC2)c2cc(N)ccc21. The van der Waals surface area contributed by atoms with E-state index < -0.39 is 5.92 Å². The Balaban J connectivity index is 1.82. The summed E-state index contributed by atoms with van der Waals surface area (Å²) in [5, 5.41) is 5.47. The van der Waals surface area contributed by atoms with Gasteiger partial charge in [-0.05, 0) is 43.0 Å². The average Bonchev–Trinajstić information content (AvgIpc) is 2.74. The van der Waals surface area contributed by atoms with Gasteiger partial charge in [0, 0.05) is 31.0 Å². The first-order valence-electron chi connectivity index (χ1n) is 7.23. The zero-order valence-electron chi connectivity index (χ0n) is 12.0. The summed E-state index contributed by atoms with van der Waals surface area (Å²) in [7, 11) is 1.89. The van der Waals surface area contributed by atoms with E-state index in [2.05, 4.69) is 5.10 Å². The van der Waals surface area contributed by atoms with Crippen molar-refractivity contribution in [3.05, 3.63) is 30.0 Å². The van der Waals surface area contributed by atoms with Crippen LogP contribution in [-0.2, 0) is 7.05 Å². The molecule has 0 atom stereocenters. The van der Waals surface area contributed by atoms with Gasteiger partial charge in [0.1, 0.15) is 0 Å². The fraction of sp³-hybridized carbons (Fsp3) is 0.438. The number of anilines is 1. The first-order valence-corrected chi connectivity index (χ1v) is 7.23. The van der Waals surface area contributed by atoms with E-state index in [0.29, 0.717) is 18.5 Å². The lowest BCUT2D eigenvalue weighted by molar-refractivity contribution is -0.0410. The molecule has 1 aliphatic rings. The van der Waals surface area contributed by atoms with Crippen molar-refractivity contribution < 1.29 is 8.78 Å². The second-order valence-electron chi connectivity index (χ2n) is 5.84. The highest BCUT2D eigenvalue weighted by molar-refractivity contribution is 5.89. The molecule has 1 saturated carbocycles. The molecule has 1 heterocycles. The van der Waals surface area contributed by atoms with Gasteiger partial charge in [0.05, 0.1) is 11.2 Å². The fourth-order valence-electron chi connectivity index (χ4n) is 2.92. The maximum atomic E-state index is 13.1. The maximum Gasteiger partial charge on any atom is 0.248 e. The number of alkyl halides is 2. The minimum atomic E-state index is -2.48. The largest absolute Gasteiger partial charge is 0.399 e. The van der Waals surface area contributed by atoms with Gasteiger partial charge in [0.25, 0.3) is 0 Å². The van der Waals surface area contributed by atoms with Crippen molar-refractivity contribution in [3.8, 4) is 0 Å². The molecular weight excluding hydrogens is 272 g/mol.